The van der Waals surface area contributed by atoms with Gasteiger partial charge in [0.25, 0.3) is 0 Å². The summed E-state index contributed by atoms with van der Waals surface area (Å²) in [5.41, 5.74) is 2.16. The highest BCUT2D eigenvalue weighted by Gasteiger charge is 1.91. The zero-order chi connectivity index (χ0) is 6.41. The number of hydroxylamine groups is 1. The van der Waals surface area contributed by atoms with Crippen LogP contribution in [0.5, 0.6) is 0 Å². The Labute approximate surface area is 46.7 Å². The Kier molecular flexibility index (Phi) is 3.60. The molecule has 0 saturated heterocycles. The fraction of sp³-hybridized carbons (Fsp3) is 0.250. The van der Waals surface area contributed by atoms with Crippen LogP contribution in [-0.2, 0) is 9.63 Å². The topological polar surface area (TPSA) is 58.6 Å². The van der Waals surface area contributed by atoms with Crippen LogP contribution in [0.15, 0.2) is 12.8 Å². The molecule has 0 unspecified atom stereocenters. The molecule has 2 N–H and O–H groups in total. The largest absolute Gasteiger partial charge is 0.479 e. The summed E-state index contributed by atoms with van der Waals surface area (Å²) in [5, 5.41) is 7.94. The first-order chi connectivity index (χ1) is 3.77. The molecule has 0 amide bonds. The molecule has 0 heterocycles. The van der Waals surface area contributed by atoms with Gasteiger partial charge >= 0.3 is 5.97 Å². The highest BCUT2D eigenvalue weighted by molar-refractivity contribution is 5.67. The zero-order valence-electron chi connectivity index (χ0n) is 4.26. The van der Waals surface area contributed by atoms with Gasteiger partial charge in [-0.25, -0.2) is 4.79 Å². The van der Waals surface area contributed by atoms with Crippen molar-refractivity contribution >= 4 is 5.97 Å². The van der Waals surface area contributed by atoms with Gasteiger partial charge in [-0.3, -0.25) is 10.3 Å². The van der Waals surface area contributed by atoms with E-state index < -0.39 is 5.97 Å². The molecule has 4 nitrogen and oxygen atoms in total. The van der Waals surface area contributed by atoms with Gasteiger partial charge in [-0.15, -0.1) is 0 Å². The highest BCUT2D eigenvalue weighted by Crippen LogP contribution is 1.65. The number of aliphatic carboxylic acids is 1. The van der Waals surface area contributed by atoms with E-state index in [1.807, 2.05) is 0 Å². The first-order valence-electron chi connectivity index (χ1n) is 1.97. The van der Waals surface area contributed by atoms with Crippen LogP contribution in [0.4, 0.5) is 0 Å². The lowest BCUT2D eigenvalue weighted by molar-refractivity contribution is -0.144. The summed E-state index contributed by atoms with van der Waals surface area (Å²) in [6, 6.07) is 0. The summed E-state index contributed by atoms with van der Waals surface area (Å²) in [7, 11) is 0. The van der Waals surface area contributed by atoms with E-state index in [2.05, 4.69) is 16.9 Å². The maximum absolute atomic E-state index is 9.67. The molecule has 0 fully saturated rings. The van der Waals surface area contributed by atoms with Gasteiger partial charge in [0.15, 0.2) is 6.61 Å². The lowest BCUT2D eigenvalue weighted by Gasteiger charge is -1.94. The van der Waals surface area contributed by atoms with Crippen LogP contribution in [0.2, 0.25) is 0 Å². The number of hydrogen-bond donors (Lipinski definition) is 2. The summed E-state index contributed by atoms with van der Waals surface area (Å²) in [6.45, 7) is 2.87. The average Bonchev–Trinajstić information content (AvgIpc) is 1.66. The Morgan fingerprint density at radius 1 is 2.00 bits per heavy atom. The van der Waals surface area contributed by atoms with Crippen molar-refractivity contribution < 1.29 is 14.7 Å². The number of carbonyl (C=O) groups is 1. The quantitative estimate of drug-likeness (QED) is 0.393. The molecule has 8 heavy (non-hydrogen) atoms. The van der Waals surface area contributed by atoms with Crippen molar-refractivity contribution in [2.24, 2.45) is 0 Å². The van der Waals surface area contributed by atoms with Crippen molar-refractivity contribution in [1.82, 2.24) is 5.48 Å². The molecule has 0 rings (SSSR count). The van der Waals surface area contributed by atoms with Crippen LogP contribution in [0, 0.1) is 0 Å². The minimum Gasteiger partial charge on any atom is -0.479 e. The molecule has 0 aliphatic rings. The molecule has 0 bridgehead atoms. The Bertz CT molecular complexity index is 91.3. The fourth-order valence-corrected chi connectivity index (χ4v) is 0.162. The molecule has 0 atom stereocenters. The van der Waals surface area contributed by atoms with Gasteiger partial charge in [-0.1, -0.05) is 6.58 Å². The van der Waals surface area contributed by atoms with Gasteiger partial charge in [-0.05, 0) is 0 Å². The van der Waals surface area contributed by atoms with Crippen LogP contribution in [0.3, 0.4) is 0 Å². The van der Waals surface area contributed by atoms with Crippen molar-refractivity contribution in [2.75, 3.05) is 6.61 Å². The summed E-state index contributed by atoms with van der Waals surface area (Å²) >= 11 is 0. The molecule has 0 saturated carbocycles. The predicted molar refractivity (Wildman–Crippen MR) is 26.9 cm³/mol. The van der Waals surface area contributed by atoms with E-state index >= 15 is 0 Å². The van der Waals surface area contributed by atoms with Crippen LogP contribution < -0.4 is 5.48 Å². The number of rotatable bonds is 4. The van der Waals surface area contributed by atoms with Crippen LogP contribution in [-0.4, -0.2) is 17.7 Å². The van der Waals surface area contributed by atoms with Gasteiger partial charge in [0.05, 0.1) is 0 Å². The molecule has 4 heteroatoms. The Morgan fingerprint density at radius 2 is 2.62 bits per heavy atom. The third-order valence-corrected chi connectivity index (χ3v) is 0.362. The molecular formula is C4H7NO3. The normalized spacial score (nSPS) is 8.00. The van der Waals surface area contributed by atoms with Crippen molar-refractivity contribution in [2.45, 2.75) is 0 Å². The fourth-order valence-electron chi connectivity index (χ4n) is 0.162. The average molecular weight is 117 g/mol. The second kappa shape index (κ2) is 4.14. The molecule has 46 valence electrons. The Hall–Kier alpha value is -1.03. The standard InChI is InChI=1S/C4H7NO3/c1-2-5-8-3-4(6)7/h2,5H,1,3H2,(H,6,7). The van der Waals surface area contributed by atoms with Gasteiger partial charge in [0.1, 0.15) is 0 Å². The lowest BCUT2D eigenvalue weighted by Crippen LogP contribution is -2.13. The second-order valence-electron chi connectivity index (χ2n) is 1.00. The van der Waals surface area contributed by atoms with Crippen molar-refractivity contribution in [3.8, 4) is 0 Å². The van der Waals surface area contributed by atoms with E-state index in [-0.39, 0.29) is 6.61 Å². The van der Waals surface area contributed by atoms with E-state index in [0.29, 0.717) is 0 Å². The van der Waals surface area contributed by atoms with Crippen LogP contribution in [0.1, 0.15) is 0 Å². The molecule has 0 aromatic heterocycles. The third-order valence-electron chi connectivity index (χ3n) is 0.362. The monoisotopic (exact) mass is 117 g/mol. The molecule has 0 aliphatic heterocycles. The maximum atomic E-state index is 9.67. The summed E-state index contributed by atoms with van der Waals surface area (Å²) in [6.07, 6.45) is 1.25. The maximum Gasteiger partial charge on any atom is 0.332 e. The summed E-state index contributed by atoms with van der Waals surface area (Å²) < 4.78 is 0. The molecule has 0 aromatic carbocycles. The van der Waals surface area contributed by atoms with Gasteiger partial charge in [-0.2, -0.15) is 0 Å². The molecule has 0 aliphatic carbocycles. The summed E-state index contributed by atoms with van der Waals surface area (Å²) in [5.74, 6) is -1.01. The number of carboxylic acids is 1. The minimum absolute atomic E-state index is 0.355. The predicted octanol–water partition coefficient (Wildman–Crippen LogP) is -0.264. The number of carboxylic acid groups (broad SMARTS) is 1. The molecular weight excluding hydrogens is 110 g/mol. The van der Waals surface area contributed by atoms with Crippen molar-refractivity contribution in [3.63, 3.8) is 0 Å². The first kappa shape index (κ1) is 6.97. The van der Waals surface area contributed by atoms with E-state index in [9.17, 15) is 4.79 Å². The molecule has 0 spiro atoms. The highest BCUT2D eigenvalue weighted by atomic mass is 16.7. The number of nitrogens with one attached hydrogen (secondary N) is 1. The van der Waals surface area contributed by atoms with Gasteiger partial charge < -0.3 is 5.11 Å². The van der Waals surface area contributed by atoms with Crippen molar-refractivity contribution in [3.05, 3.63) is 12.8 Å². The first-order valence-corrected chi connectivity index (χ1v) is 1.97. The van der Waals surface area contributed by atoms with Gasteiger partial charge in [0.2, 0.25) is 0 Å². The van der Waals surface area contributed by atoms with Crippen molar-refractivity contribution in [1.29, 1.82) is 0 Å². The summed E-state index contributed by atoms with van der Waals surface area (Å²) in [4.78, 5) is 14.0. The van der Waals surface area contributed by atoms with E-state index in [1.165, 1.54) is 6.20 Å². The SMILES string of the molecule is C=CNOCC(=O)O. The molecule has 0 aromatic rings. The molecule has 0 radical (unpaired) electrons. The van der Waals surface area contributed by atoms with E-state index in [4.69, 9.17) is 5.11 Å². The zero-order valence-corrected chi connectivity index (χ0v) is 4.26. The van der Waals surface area contributed by atoms with Crippen LogP contribution >= 0.6 is 0 Å². The lowest BCUT2D eigenvalue weighted by atomic mass is 10.8. The Morgan fingerprint density at radius 3 is 3.00 bits per heavy atom. The van der Waals surface area contributed by atoms with E-state index in [1.54, 1.807) is 0 Å². The van der Waals surface area contributed by atoms with Crippen LogP contribution in [0.25, 0.3) is 0 Å². The van der Waals surface area contributed by atoms with Gasteiger partial charge in [0, 0.05) is 6.20 Å². The minimum atomic E-state index is -1.01. The van der Waals surface area contributed by atoms with E-state index in [0.717, 1.165) is 0 Å². The Balaban J connectivity index is 2.93. The third kappa shape index (κ3) is 4.97. The number of hydrogen-bond acceptors (Lipinski definition) is 3. The smallest absolute Gasteiger partial charge is 0.332 e. The second-order valence-corrected chi connectivity index (χ2v) is 1.00.